The lowest BCUT2D eigenvalue weighted by Gasteiger charge is -2.71. The summed E-state index contributed by atoms with van der Waals surface area (Å²) in [5.41, 5.74) is -1.48. The van der Waals surface area contributed by atoms with Gasteiger partial charge in [-0.2, -0.15) is 0 Å². The fourth-order valence-electron chi connectivity index (χ4n) is 16.0. The molecule has 0 bridgehead atoms. The molecule has 4 saturated heterocycles. The predicted octanol–water partition coefficient (Wildman–Crippen LogP) is -1.56. The minimum atomic E-state index is -1.81. The SMILES string of the molecule is CC(C)=CCC[C@](C)(O[C@@H]1O[C@H](CO[C@H]2OC[C@H](O)[C@H](O)[C@H]2O)[C@@H](O)[C@H](O)[C@H]1O)[C@H]1CC[C@]2(C)C1[C@H](O)CC1[C@@]3(C)CC[C@H](O[C@@H]4O[C@H](CO)[C@@H](O)[C@H](O)[C@H]4O[C@@H]4O[C@H](CO)[C@@H](O)[C@H](O)[C@H]4O)C(C)(C)[C@@H]3CC[C@]12C. The zero-order valence-electron chi connectivity index (χ0n) is 44.7. The van der Waals surface area contributed by atoms with Crippen molar-refractivity contribution in [3.05, 3.63) is 11.6 Å². The smallest absolute Gasteiger partial charge is 0.187 e. The predicted molar refractivity (Wildman–Crippen MR) is 260 cm³/mol. The summed E-state index contributed by atoms with van der Waals surface area (Å²) in [6.07, 6.45) is -22.6. The van der Waals surface area contributed by atoms with Gasteiger partial charge in [0.05, 0.1) is 44.2 Å². The average Bonchev–Trinajstić information content (AvgIpc) is 3.75. The Balaban J connectivity index is 1.01. The van der Waals surface area contributed by atoms with Crippen molar-refractivity contribution in [2.24, 2.45) is 45.3 Å². The van der Waals surface area contributed by atoms with Crippen LogP contribution in [0.3, 0.4) is 0 Å². The maximum absolute atomic E-state index is 12.8. The Bertz CT molecular complexity index is 1940. The molecule has 0 aromatic rings. The van der Waals surface area contributed by atoms with Crippen LogP contribution in [0.2, 0.25) is 0 Å². The van der Waals surface area contributed by atoms with Gasteiger partial charge in [0.2, 0.25) is 0 Å². The molecule has 29 atom stereocenters. The Morgan fingerprint density at radius 1 is 0.587 bits per heavy atom. The fourth-order valence-corrected chi connectivity index (χ4v) is 16.0. The first kappa shape index (κ1) is 60.0. The molecular formula is C53H90O22. The molecule has 0 aromatic heterocycles. The van der Waals surface area contributed by atoms with Crippen LogP contribution in [0, 0.1) is 45.3 Å². The van der Waals surface area contributed by atoms with E-state index in [-0.39, 0.29) is 41.1 Å². The molecule has 0 aromatic carbocycles. The van der Waals surface area contributed by atoms with Gasteiger partial charge in [-0.3, -0.25) is 0 Å². The van der Waals surface area contributed by atoms with E-state index in [1.165, 1.54) is 0 Å². The molecule has 22 nitrogen and oxygen atoms in total. The molecule has 8 aliphatic rings. The summed E-state index contributed by atoms with van der Waals surface area (Å²) in [6.45, 7) is 15.1. The summed E-state index contributed by atoms with van der Waals surface area (Å²) in [5, 5.41) is 151. The monoisotopic (exact) mass is 1080 g/mol. The van der Waals surface area contributed by atoms with Crippen LogP contribution in [0.5, 0.6) is 0 Å². The second kappa shape index (κ2) is 22.7. The van der Waals surface area contributed by atoms with E-state index in [2.05, 4.69) is 40.7 Å². The zero-order valence-corrected chi connectivity index (χ0v) is 44.7. The summed E-state index contributed by atoms with van der Waals surface area (Å²) in [7, 11) is 0. The molecule has 75 heavy (non-hydrogen) atoms. The van der Waals surface area contributed by atoms with Crippen LogP contribution in [0.1, 0.15) is 113 Å². The lowest BCUT2D eigenvalue weighted by molar-refractivity contribution is -0.378. The van der Waals surface area contributed by atoms with Gasteiger partial charge in [-0.25, -0.2) is 0 Å². The second-order valence-electron chi connectivity index (χ2n) is 25.3. The van der Waals surface area contributed by atoms with Gasteiger partial charge in [-0.05, 0) is 124 Å². The Hall–Kier alpha value is -1.14. The highest BCUT2D eigenvalue weighted by Crippen LogP contribution is 2.76. The van der Waals surface area contributed by atoms with Crippen molar-refractivity contribution >= 4 is 0 Å². The molecule has 0 radical (unpaired) electrons. The molecule has 4 aliphatic heterocycles. The number of rotatable bonds is 15. The minimum Gasteiger partial charge on any atom is -0.394 e. The lowest BCUT2D eigenvalue weighted by Crippen LogP contribution is -2.68. The van der Waals surface area contributed by atoms with Gasteiger partial charge < -0.3 is 109 Å². The van der Waals surface area contributed by atoms with E-state index in [1.54, 1.807) is 0 Å². The molecule has 4 saturated carbocycles. The van der Waals surface area contributed by atoms with E-state index in [9.17, 15) is 71.5 Å². The largest absolute Gasteiger partial charge is 0.394 e. The molecule has 8 rings (SSSR count). The molecule has 14 N–H and O–H groups in total. The summed E-state index contributed by atoms with van der Waals surface area (Å²) in [4.78, 5) is 0. The van der Waals surface area contributed by atoms with E-state index < -0.39 is 165 Å². The second-order valence-corrected chi connectivity index (χ2v) is 25.3. The van der Waals surface area contributed by atoms with Crippen LogP contribution in [0.25, 0.3) is 0 Å². The van der Waals surface area contributed by atoms with Crippen molar-refractivity contribution in [3.8, 4) is 0 Å². The number of ether oxygens (including phenoxy) is 8. The number of hydrogen-bond acceptors (Lipinski definition) is 22. The quantitative estimate of drug-likeness (QED) is 0.0651. The van der Waals surface area contributed by atoms with Crippen LogP contribution < -0.4 is 0 Å². The Morgan fingerprint density at radius 3 is 1.80 bits per heavy atom. The molecule has 2 unspecified atom stereocenters. The van der Waals surface area contributed by atoms with Gasteiger partial charge >= 0.3 is 0 Å². The topological polar surface area (TPSA) is 357 Å². The first-order chi connectivity index (χ1) is 35.1. The normalized spacial score (nSPS) is 52.7. The number of allylic oxidation sites excluding steroid dienone is 2. The third-order valence-corrected chi connectivity index (χ3v) is 20.5. The van der Waals surface area contributed by atoms with Crippen molar-refractivity contribution < 1.29 is 109 Å². The zero-order chi connectivity index (χ0) is 55.1. The van der Waals surface area contributed by atoms with Crippen LogP contribution in [-0.4, -0.2) is 232 Å². The van der Waals surface area contributed by atoms with Crippen molar-refractivity contribution in [2.75, 3.05) is 26.4 Å². The minimum absolute atomic E-state index is 0.0508. The molecule has 8 fully saturated rings. The lowest BCUT2D eigenvalue weighted by atomic mass is 9.35. The first-order valence-electron chi connectivity index (χ1n) is 27.3. The van der Waals surface area contributed by atoms with Crippen LogP contribution in [-0.2, 0) is 37.9 Å². The standard InChI is InChI=1S/C53H90O22/c1-23(2)10-9-14-53(8,75-47-43(67)39(63)37(61)29(72-47)22-69-45-41(65)34(58)26(57)21-68-45)24-11-16-52(7)33(24)25(56)18-31-50(5)15-13-32(49(3,4)30(50)12-17-51(31,52)6)73-48-44(40(64)36(60)28(20-55)71-48)74-46-42(66)38(62)35(59)27(19-54)70-46/h10,24-48,54-67H,9,11-22H2,1-8H3/t24-,25+,26-,27+,28+,29+,30-,31?,32-,33?,34-,35+,36+,37+,38-,39-,40-,41+,42+,43+,44+,45+,46-,47-,48-,50-,51+,52+,53-/m0/s1. The van der Waals surface area contributed by atoms with Gasteiger partial charge in [0.25, 0.3) is 0 Å². The highest BCUT2D eigenvalue weighted by atomic mass is 16.8. The van der Waals surface area contributed by atoms with Crippen LogP contribution in [0.4, 0.5) is 0 Å². The number of aliphatic hydroxyl groups excluding tert-OH is 14. The maximum Gasteiger partial charge on any atom is 0.187 e. The summed E-state index contributed by atoms with van der Waals surface area (Å²) >= 11 is 0. The van der Waals surface area contributed by atoms with E-state index in [0.717, 1.165) is 24.8 Å². The summed E-state index contributed by atoms with van der Waals surface area (Å²) in [5.74, 6) is -0.395. The molecule has 22 heteroatoms. The molecular weight excluding hydrogens is 989 g/mol. The molecule has 0 amide bonds. The molecule has 4 aliphatic carbocycles. The third-order valence-electron chi connectivity index (χ3n) is 20.5. The maximum atomic E-state index is 12.8. The van der Waals surface area contributed by atoms with Crippen LogP contribution in [0.15, 0.2) is 11.6 Å². The highest BCUT2D eigenvalue weighted by Gasteiger charge is 2.72. The van der Waals surface area contributed by atoms with E-state index in [1.807, 2.05) is 20.8 Å². The first-order valence-corrected chi connectivity index (χ1v) is 27.3. The molecule has 434 valence electrons. The average molecular weight is 1080 g/mol. The van der Waals surface area contributed by atoms with Crippen molar-refractivity contribution in [1.82, 2.24) is 0 Å². The third kappa shape index (κ3) is 10.6. The van der Waals surface area contributed by atoms with Gasteiger partial charge in [-0.1, -0.05) is 46.3 Å². The Labute approximate surface area is 439 Å². The van der Waals surface area contributed by atoms with E-state index in [0.29, 0.717) is 38.5 Å². The number of hydrogen-bond donors (Lipinski definition) is 14. The Kier molecular flexibility index (Phi) is 18.1. The van der Waals surface area contributed by atoms with Gasteiger partial charge in [0, 0.05) is 0 Å². The van der Waals surface area contributed by atoms with Crippen molar-refractivity contribution in [1.29, 1.82) is 0 Å². The summed E-state index contributed by atoms with van der Waals surface area (Å²) < 4.78 is 48.8. The summed E-state index contributed by atoms with van der Waals surface area (Å²) in [6, 6.07) is 0. The fraction of sp³-hybridized carbons (Fsp3) is 0.962. The molecule has 0 spiro atoms. The van der Waals surface area contributed by atoms with Gasteiger partial charge in [0.1, 0.15) is 91.6 Å². The van der Waals surface area contributed by atoms with Gasteiger partial charge in [0.15, 0.2) is 25.2 Å². The van der Waals surface area contributed by atoms with E-state index >= 15 is 0 Å². The van der Waals surface area contributed by atoms with E-state index in [4.69, 9.17) is 37.9 Å². The number of fused-ring (bicyclic) bond motifs is 5. The van der Waals surface area contributed by atoms with Crippen molar-refractivity contribution in [2.45, 2.75) is 248 Å². The van der Waals surface area contributed by atoms with Gasteiger partial charge in [-0.15, -0.1) is 0 Å². The highest BCUT2D eigenvalue weighted by molar-refractivity contribution is 5.20. The number of aliphatic hydroxyl groups is 14. The van der Waals surface area contributed by atoms with Crippen molar-refractivity contribution in [3.63, 3.8) is 0 Å². The molecule has 4 heterocycles. The van der Waals surface area contributed by atoms with Crippen LogP contribution >= 0.6 is 0 Å². The Morgan fingerprint density at radius 2 is 1.16 bits per heavy atom.